The van der Waals surface area contributed by atoms with E-state index in [0.717, 1.165) is 12.1 Å². The number of hydrogen-bond acceptors (Lipinski definition) is 5. The van der Waals surface area contributed by atoms with E-state index in [9.17, 15) is 20.7 Å². The molecule has 0 heterocycles. The van der Waals surface area contributed by atoms with E-state index in [1.54, 1.807) is 0 Å². The third kappa shape index (κ3) is 2.67. The molecule has 1 aliphatic rings. The van der Waals surface area contributed by atoms with Gasteiger partial charge in [-0.1, -0.05) is 12.1 Å². The van der Waals surface area contributed by atoms with Crippen LogP contribution in [0.2, 0.25) is 0 Å². The predicted molar refractivity (Wildman–Crippen MR) is 67.3 cm³/mol. The molecule has 0 aromatic heterocycles. The maximum atomic E-state index is 13.1. The molecule has 0 radical (unpaired) electrons. The van der Waals surface area contributed by atoms with Crippen LogP contribution in [0.1, 0.15) is 19.3 Å². The van der Waals surface area contributed by atoms with Crippen LogP contribution >= 0.6 is 0 Å². The number of nitrogens with zero attached hydrogens (tertiary/aromatic N) is 1. The summed E-state index contributed by atoms with van der Waals surface area (Å²) in [6.07, 6.45) is 1.37. The molecule has 9 heteroatoms. The van der Waals surface area contributed by atoms with Crippen molar-refractivity contribution in [2.75, 3.05) is 0 Å². The molecule has 0 bridgehead atoms. The highest BCUT2D eigenvalue weighted by Crippen LogP contribution is 2.33. The summed E-state index contributed by atoms with van der Waals surface area (Å²) >= 11 is 0. The van der Waals surface area contributed by atoms with Crippen molar-refractivity contribution in [1.82, 2.24) is 4.72 Å². The number of rotatable bonds is 4. The lowest BCUT2D eigenvalue weighted by molar-refractivity contribution is 0.296. The summed E-state index contributed by atoms with van der Waals surface area (Å²) in [5.74, 6) is 0. The van der Waals surface area contributed by atoms with Crippen LogP contribution in [0.15, 0.2) is 34.1 Å². The molecule has 0 spiro atoms. The Morgan fingerprint density at radius 2 is 1.70 bits per heavy atom. The largest absolute Gasteiger partial charge is 0.333 e. The molecule has 2 rings (SSSR count). The minimum Gasteiger partial charge on any atom is -0.207 e. The molecule has 1 aromatic rings. The van der Waals surface area contributed by atoms with E-state index in [1.165, 1.54) is 12.1 Å². The summed E-state index contributed by atoms with van der Waals surface area (Å²) in [5.41, 5.74) is -1.23. The highest BCUT2D eigenvalue weighted by molar-refractivity contribution is 7.91. The first-order valence-electron chi connectivity index (χ1n) is 5.69. The van der Waals surface area contributed by atoms with Crippen LogP contribution < -0.4 is 4.72 Å². The van der Waals surface area contributed by atoms with Gasteiger partial charge in [-0.2, -0.15) is 18.4 Å². The molecule has 0 unspecified atom stereocenters. The molecule has 1 saturated carbocycles. The first-order valence-corrected chi connectivity index (χ1v) is 8.56. The van der Waals surface area contributed by atoms with Gasteiger partial charge in [-0.05, 0) is 31.4 Å². The van der Waals surface area contributed by atoms with Crippen LogP contribution in [0.25, 0.3) is 0 Å². The van der Waals surface area contributed by atoms with E-state index < -0.39 is 35.6 Å². The van der Waals surface area contributed by atoms with Crippen molar-refractivity contribution in [2.45, 2.75) is 34.6 Å². The fourth-order valence-electron chi connectivity index (χ4n) is 1.95. The normalized spacial score (nSPS) is 18.0. The van der Waals surface area contributed by atoms with Crippen LogP contribution in [-0.4, -0.2) is 22.4 Å². The zero-order chi connectivity index (χ0) is 15.0. The first kappa shape index (κ1) is 14.9. The Bertz CT molecular complexity index is 777. The van der Waals surface area contributed by atoms with E-state index >= 15 is 0 Å². The Labute approximate surface area is 116 Å². The highest BCUT2D eigenvalue weighted by atomic mass is 32.3. The molecule has 1 fully saturated rings. The number of sulfonamides is 1. The van der Waals surface area contributed by atoms with Gasteiger partial charge in [0.05, 0.1) is 6.07 Å². The van der Waals surface area contributed by atoms with Gasteiger partial charge in [0.15, 0.2) is 0 Å². The number of nitriles is 1. The van der Waals surface area contributed by atoms with Crippen molar-refractivity contribution in [3.8, 4) is 6.07 Å². The number of halogens is 1. The van der Waals surface area contributed by atoms with Gasteiger partial charge in [0.25, 0.3) is 0 Å². The molecular weight excluding hydrogens is 307 g/mol. The number of benzene rings is 1. The third-order valence-electron chi connectivity index (χ3n) is 3.15. The summed E-state index contributed by atoms with van der Waals surface area (Å²) in [6, 6.07) is 6.21. The monoisotopic (exact) mass is 318 g/mol. The Hall–Kier alpha value is -1.50. The van der Waals surface area contributed by atoms with Gasteiger partial charge in [0.1, 0.15) is 15.3 Å². The highest BCUT2D eigenvalue weighted by Gasteiger charge is 2.42. The van der Waals surface area contributed by atoms with E-state index in [2.05, 4.69) is 4.72 Å². The van der Waals surface area contributed by atoms with E-state index in [4.69, 9.17) is 5.26 Å². The van der Waals surface area contributed by atoms with E-state index in [-0.39, 0.29) is 0 Å². The summed E-state index contributed by atoms with van der Waals surface area (Å²) < 4.78 is 61.6. The lowest BCUT2D eigenvalue weighted by Crippen LogP contribution is -2.52. The second-order valence-electron chi connectivity index (χ2n) is 4.54. The smallest absolute Gasteiger partial charge is 0.207 e. The molecule has 20 heavy (non-hydrogen) atoms. The maximum Gasteiger partial charge on any atom is 0.333 e. The van der Waals surface area contributed by atoms with E-state index in [1.807, 2.05) is 6.07 Å². The lowest BCUT2D eigenvalue weighted by Gasteiger charge is -2.35. The Morgan fingerprint density at radius 1 is 1.15 bits per heavy atom. The van der Waals surface area contributed by atoms with Gasteiger partial charge in [-0.15, -0.1) is 3.89 Å². The molecule has 1 aromatic carbocycles. The Kier molecular flexibility index (Phi) is 3.58. The van der Waals surface area contributed by atoms with Crippen molar-refractivity contribution in [3.63, 3.8) is 0 Å². The van der Waals surface area contributed by atoms with Gasteiger partial charge in [0, 0.05) is 0 Å². The van der Waals surface area contributed by atoms with Crippen LogP contribution in [-0.2, 0) is 20.2 Å². The predicted octanol–water partition coefficient (Wildman–Crippen LogP) is 1.07. The molecular formula is C11H11FN2O4S2. The minimum atomic E-state index is -5.17. The van der Waals surface area contributed by atoms with Gasteiger partial charge in [-0.25, -0.2) is 8.42 Å². The molecule has 0 aliphatic heterocycles. The zero-order valence-corrected chi connectivity index (χ0v) is 11.8. The summed E-state index contributed by atoms with van der Waals surface area (Å²) in [6.45, 7) is 0. The number of nitrogens with one attached hydrogen (secondary N) is 1. The fraction of sp³-hybridized carbons (Fsp3) is 0.364. The minimum absolute atomic E-state index is 0.341. The topological polar surface area (TPSA) is 104 Å². The van der Waals surface area contributed by atoms with E-state index in [0.29, 0.717) is 19.3 Å². The summed E-state index contributed by atoms with van der Waals surface area (Å²) in [7, 11) is -9.47. The second-order valence-corrected chi connectivity index (χ2v) is 7.50. The van der Waals surface area contributed by atoms with Crippen molar-refractivity contribution in [3.05, 3.63) is 24.3 Å². The quantitative estimate of drug-likeness (QED) is 0.836. The van der Waals surface area contributed by atoms with Crippen LogP contribution in [0.5, 0.6) is 0 Å². The van der Waals surface area contributed by atoms with Crippen LogP contribution in [0.4, 0.5) is 3.89 Å². The molecule has 1 N–H and O–H groups in total. The molecule has 6 nitrogen and oxygen atoms in total. The van der Waals surface area contributed by atoms with Crippen LogP contribution in [0, 0.1) is 11.3 Å². The van der Waals surface area contributed by atoms with Gasteiger partial charge >= 0.3 is 10.2 Å². The van der Waals surface area contributed by atoms with Crippen molar-refractivity contribution >= 4 is 20.2 Å². The van der Waals surface area contributed by atoms with Gasteiger partial charge < -0.3 is 0 Å². The molecule has 0 amide bonds. The molecule has 0 saturated heterocycles. The zero-order valence-electron chi connectivity index (χ0n) is 10.2. The average molecular weight is 318 g/mol. The molecule has 0 atom stereocenters. The lowest BCUT2D eigenvalue weighted by atomic mass is 9.79. The maximum absolute atomic E-state index is 13.1. The Morgan fingerprint density at radius 3 is 2.10 bits per heavy atom. The SMILES string of the molecule is N#CC1(NS(=O)(=O)c2ccccc2S(=O)(=O)F)CCC1. The third-order valence-corrected chi connectivity index (χ3v) is 5.76. The fourth-order valence-corrected chi connectivity index (χ4v) is 4.59. The average Bonchev–Trinajstić information content (AvgIpc) is 2.33. The van der Waals surface area contributed by atoms with Gasteiger partial charge in [0.2, 0.25) is 10.0 Å². The Balaban J connectivity index is 2.49. The first-order chi connectivity index (χ1) is 9.20. The summed E-state index contributed by atoms with van der Waals surface area (Å²) in [5, 5.41) is 9.01. The number of hydrogen-bond donors (Lipinski definition) is 1. The van der Waals surface area contributed by atoms with Crippen molar-refractivity contribution in [1.29, 1.82) is 5.26 Å². The standard InChI is InChI=1S/C11H11FN2O4S2/c12-19(15,16)9-4-1-2-5-10(9)20(17,18)14-11(8-13)6-3-7-11/h1-2,4-5,14H,3,6-7H2. The van der Waals surface area contributed by atoms with Gasteiger partial charge in [-0.3, -0.25) is 0 Å². The van der Waals surface area contributed by atoms with Crippen molar-refractivity contribution < 1.29 is 20.7 Å². The van der Waals surface area contributed by atoms with Crippen LogP contribution in [0.3, 0.4) is 0 Å². The second kappa shape index (κ2) is 4.80. The molecule has 1 aliphatic carbocycles. The molecule has 108 valence electrons. The van der Waals surface area contributed by atoms with Crippen molar-refractivity contribution in [2.24, 2.45) is 0 Å². The summed E-state index contributed by atoms with van der Waals surface area (Å²) in [4.78, 5) is -1.62.